The largest absolute Gasteiger partial charge is 0.345 e. The van der Waals surface area contributed by atoms with Gasteiger partial charge in [-0.15, -0.1) is 0 Å². The first kappa shape index (κ1) is 14.0. The highest BCUT2D eigenvalue weighted by Crippen LogP contribution is 2.12. The Hall–Kier alpha value is -2.43. The van der Waals surface area contributed by atoms with Crippen LogP contribution in [0.25, 0.3) is 0 Å². The molecule has 2 N–H and O–H groups in total. The third kappa shape index (κ3) is 3.12. The minimum Gasteiger partial charge on any atom is -0.345 e. The van der Waals surface area contributed by atoms with Gasteiger partial charge in [-0.1, -0.05) is 18.2 Å². The summed E-state index contributed by atoms with van der Waals surface area (Å²) < 4.78 is 0. The molecule has 2 rings (SSSR count). The van der Waals surface area contributed by atoms with E-state index in [-0.39, 0.29) is 18.0 Å². The van der Waals surface area contributed by atoms with Crippen LogP contribution in [0.3, 0.4) is 0 Å². The Bertz CT molecular complexity index is 684. The predicted molar refractivity (Wildman–Crippen MR) is 76.7 cm³/mol. The molecule has 5 heteroatoms. The normalized spacial score (nSPS) is 10.3. The van der Waals surface area contributed by atoms with Gasteiger partial charge >= 0.3 is 0 Å². The molecule has 2 aromatic rings. The van der Waals surface area contributed by atoms with Crippen molar-refractivity contribution in [2.45, 2.75) is 27.3 Å². The zero-order chi connectivity index (χ0) is 14.7. The van der Waals surface area contributed by atoms with Crippen molar-refractivity contribution in [1.29, 1.82) is 0 Å². The van der Waals surface area contributed by atoms with E-state index in [1.54, 1.807) is 6.92 Å². The molecular formula is C15H17N3O2. The fourth-order valence-corrected chi connectivity index (χ4v) is 2.15. The number of benzene rings is 1. The van der Waals surface area contributed by atoms with Crippen LogP contribution < -0.4 is 10.9 Å². The van der Waals surface area contributed by atoms with Gasteiger partial charge in [0.05, 0.1) is 6.54 Å². The van der Waals surface area contributed by atoms with E-state index in [4.69, 9.17) is 0 Å². The molecule has 5 nitrogen and oxygen atoms in total. The molecule has 0 spiro atoms. The summed E-state index contributed by atoms with van der Waals surface area (Å²) in [5, 5.41) is 2.78. The minimum absolute atomic E-state index is 0.162. The van der Waals surface area contributed by atoms with Crippen molar-refractivity contribution >= 4 is 5.91 Å². The molecule has 0 radical (unpaired) electrons. The quantitative estimate of drug-likeness (QED) is 0.891. The molecule has 0 aliphatic carbocycles. The lowest BCUT2D eigenvalue weighted by atomic mass is 10.0. The topological polar surface area (TPSA) is 74.8 Å². The van der Waals surface area contributed by atoms with Gasteiger partial charge < -0.3 is 10.3 Å². The fraction of sp³-hybridized carbons (Fsp3) is 0.267. The van der Waals surface area contributed by atoms with E-state index in [9.17, 15) is 9.59 Å². The molecule has 0 unspecified atom stereocenters. The number of H-pyrrole nitrogens is 1. The van der Waals surface area contributed by atoms with Crippen LogP contribution >= 0.6 is 0 Å². The molecule has 20 heavy (non-hydrogen) atoms. The summed E-state index contributed by atoms with van der Waals surface area (Å²) in [5.74, 6) is 0.291. The third-order valence-electron chi connectivity index (χ3n) is 3.04. The molecule has 0 aliphatic heterocycles. The number of aromatic amines is 1. The summed E-state index contributed by atoms with van der Waals surface area (Å²) >= 11 is 0. The van der Waals surface area contributed by atoms with Gasteiger partial charge in [-0.25, -0.2) is 4.98 Å². The molecule has 0 aliphatic rings. The maximum atomic E-state index is 12.2. The Morgan fingerprint density at radius 3 is 2.50 bits per heavy atom. The van der Waals surface area contributed by atoms with Crippen molar-refractivity contribution in [3.05, 3.63) is 62.8 Å². The third-order valence-corrected chi connectivity index (χ3v) is 3.04. The molecule has 0 bridgehead atoms. The molecule has 104 valence electrons. The summed E-state index contributed by atoms with van der Waals surface area (Å²) in [7, 11) is 0. The zero-order valence-corrected chi connectivity index (χ0v) is 11.8. The van der Waals surface area contributed by atoms with Crippen molar-refractivity contribution in [1.82, 2.24) is 15.3 Å². The number of hydrogen-bond acceptors (Lipinski definition) is 3. The van der Waals surface area contributed by atoms with Gasteiger partial charge in [-0.3, -0.25) is 9.59 Å². The maximum Gasteiger partial charge on any atom is 0.252 e. The first-order valence-corrected chi connectivity index (χ1v) is 6.38. The van der Waals surface area contributed by atoms with Crippen LogP contribution in [-0.2, 0) is 6.54 Å². The van der Waals surface area contributed by atoms with Crippen LogP contribution in [0.2, 0.25) is 0 Å². The fourth-order valence-electron chi connectivity index (χ4n) is 2.15. The minimum atomic E-state index is -0.214. The van der Waals surface area contributed by atoms with Gasteiger partial charge in [0.15, 0.2) is 0 Å². The van der Waals surface area contributed by atoms with Crippen molar-refractivity contribution in [3.8, 4) is 0 Å². The van der Waals surface area contributed by atoms with E-state index in [2.05, 4.69) is 15.3 Å². The van der Waals surface area contributed by atoms with Gasteiger partial charge in [0.25, 0.3) is 11.5 Å². The van der Waals surface area contributed by atoms with E-state index in [0.29, 0.717) is 17.1 Å². The van der Waals surface area contributed by atoms with Crippen LogP contribution in [-0.4, -0.2) is 15.9 Å². The van der Waals surface area contributed by atoms with Gasteiger partial charge in [0.2, 0.25) is 0 Å². The van der Waals surface area contributed by atoms with Crippen molar-refractivity contribution in [3.63, 3.8) is 0 Å². The second-order valence-electron chi connectivity index (χ2n) is 4.78. The lowest BCUT2D eigenvalue weighted by molar-refractivity contribution is 0.0948. The average molecular weight is 271 g/mol. The van der Waals surface area contributed by atoms with E-state index in [1.165, 1.54) is 6.07 Å². The molecule has 0 saturated heterocycles. The summed E-state index contributed by atoms with van der Waals surface area (Å²) in [6, 6.07) is 7.13. The van der Waals surface area contributed by atoms with Crippen LogP contribution in [0, 0.1) is 20.8 Å². The molecule has 1 amide bonds. The van der Waals surface area contributed by atoms with Crippen LogP contribution in [0.15, 0.2) is 29.1 Å². The Kier molecular flexibility index (Phi) is 3.98. The van der Waals surface area contributed by atoms with Gasteiger partial charge in [0.1, 0.15) is 5.82 Å². The van der Waals surface area contributed by atoms with E-state index in [1.807, 2.05) is 32.0 Å². The predicted octanol–water partition coefficient (Wildman–Crippen LogP) is 1.63. The van der Waals surface area contributed by atoms with E-state index < -0.39 is 0 Å². The Morgan fingerprint density at radius 1 is 1.25 bits per heavy atom. The van der Waals surface area contributed by atoms with Gasteiger partial charge in [0, 0.05) is 17.3 Å². The molecule has 1 aromatic heterocycles. The van der Waals surface area contributed by atoms with Gasteiger partial charge in [-0.2, -0.15) is 0 Å². The van der Waals surface area contributed by atoms with Crippen LogP contribution in [0.5, 0.6) is 0 Å². The SMILES string of the molecule is Cc1cc(=O)[nH]c(CNC(=O)c2c(C)cccc2C)n1. The Labute approximate surface area is 117 Å². The number of nitrogens with zero attached hydrogens (tertiary/aromatic N) is 1. The van der Waals surface area contributed by atoms with Crippen LogP contribution in [0.4, 0.5) is 0 Å². The summed E-state index contributed by atoms with van der Waals surface area (Å²) in [5.41, 5.74) is 2.93. The van der Waals surface area contributed by atoms with E-state index in [0.717, 1.165) is 11.1 Å². The standard InChI is InChI=1S/C15H17N3O2/c1-9-5-4-6-10(2)14(9)15(20)16-8-12-17-11(3)7-13(19)18-12/h4-7H,8H2,1-3H3,(H,16,20)(H,17,18,19). The monoisotopic (exact) mass is 271 g/mol. The lowest BCUT2D eigenvalue weighted by Gasteiger charge is -2.10. The van der Waals surface area contributed by atoms with Crippen LogP contribution in [0.1, 0.15) is 33.0 Å². The first-order chi connectivity index (χ1) is 9.47. The lowest BCUT2D eigenvalue weighted by Crippen LogP contribution is -2.27. The molecular weight excluding hydrogens is 254 g/mol. The Morgan fingerprint density at radius 2 is 1.90 bits per heavy atom. The maximum absolute atomic E-state index is 12.2. The van der Waals surface area contributed by atoms with Crippen molar-refractivity contribution < 1.29 is 4.79 Å². The second kappa shape index (κ2) is 5.69. The Balaban J connectivity index is 2.15. The number of carbonyl (C=O) groups excluding carboxylic acids is 1. The van der Waals surface area contributed by atoms with E-state index >= 15 is 0 Å². The summed E-state index contributed by atoms with van der Waals surface area (Å²) in [4.78, 5) is 30.3. The molecule has 0 saturated carbocycles. The highest BCUT2D eigenvalue weighted by Gasteiger charge is 2.11. The molecule has 0 atom stereocenters. The first-order valence-electron chi connectivity index (χ1n) is 6.38. The molecule has 1 heterocycles. The summed E-state index contributed by atoms with van der Waals surface area (Å²) in [6.45, 7) is 5.74. The van der Waals surface area contributed by atoms with Gasteiger partial charge in [-0.05, 0) is 31.9 Å². The smallest absolute Gasteiger partial charge is 0.252 e. The number of nitrogens with one attached hydrogen (secondary N) is 2. The molecule has 0 fully saturated rings. The number of aryl methyl sites for hydroxylation is 3. The number of amides is 1. The number of rotatable bonds is 3. The average Bonchev–Trinajstić information content (AvgIpc) is 2.35. The number of hydrogen-bond donors (Lipinski definition) is 2. The van der Waals surface area contributed by atoms with Crippen molar-refractivity contribution in [2.75, 3.05) is 0 Å². The highest BCUT2D eigenvalue weighted by atomic mass is 16.1. The van der Waals surface area contributed by atoms with Crippen molar-refractivity contribution in [2.24, 2.45) is 0 Å². The number of carbonyl (C=O) groups is 1. The highest BCUT2D eigenvalue weighted by molar-refractivity contribution is 5.96. The zero-order valence-electron chi connectivity index (χ0n) is 11.8. The number of aromatic nitrogens is 2. The second-order valence-corrected chi connectivity index (χ2v) is 4.78. The molecule has 1 aromatic carbocycles. The summed E-state index contributed by atoms with van der Waals surface area (Å²) in [6.07, 6.45) is 0.